The highest BCUT2D eigenvalue weighted by atomic mass is 32.2. The molecule has 0 saturated heterocycles. The van der Waals surface area contributed by atoms with Crippen molar-refractivity contribution in [3.63, 3.8) is 0 Å². The number of amides is 1. The van der Waals surface area contributed by atoms with Gasteiger partial charge in [0.25, 0.3) is 0 Å². The molecule has 0 spiro atoms. The first kappa shape index (κ1) is 19.0. The topological polar surface area (TPSA) is 92.7 Å². The van der Waals surface area contributed by atoms with Crippen LogP contribution in [0.2, 0.25) is 0 Å². The Balaban J connectivity index is 2.77. The van der Waals surface area contributed by atoms with Gasteiger partial charge in [-0.05, 0) is 26.3 Å². The van der Waals surface area contributed by atoms with Gasteiger partial charge in [-0.25, -0.2) is 4.79 Å². The molecule has 0 aromatic heterocycles. The lowest BCUT2D eigenvalue weighted by atomic mass is 10.1. The first-order valence-corrected chi connectivity index (χ1v) is 8.08. The summed E-state index contributed by atoms with van der Waals surface area (Å²) in [5.41, 5.74) is 0.177. The average Bonchev–Trinajstić information content (AvgIpc) is 2.43. The Bertz CT molecular complexity index is 553. The predicted octanol–water partition coefficient (Wildman–Crippen LogP) is 2.47. The summed E-state index contributed by atoms with van der Waals surface area (Å²) in [7, 11) is 0. The van der Waals surface area contributed by atoms with Gasteiger partial charge in [0.1, 0.15) is 11.6 Å². The smallest absolute Gasteiger partial charge is 0.408 e. The number of carboxylic acid groups (broad SMARTS) is 1. The number of nitrogens with one attached hydrogen (secondary N) is 1. The molecule has 0 aliphatic heterocycles. The summed E-state index contributed by atoms with van der Waals surface area (Å²) in [6.07, 6.45) is -0.436. The number of aliphatic carboxylic acids is 1. The van der Waals surface area contributed by atoms with Crippen LogP contribution in [-0.4, -0.2) is 39.7 Å². The molecule has 0 heterocycles. The van der Waals surface area contributed by atoms with Gasteiger partial charge in [-0.2, -0.15) is 0 Å². The minimum atomic E-state index is -1.08. The van der Waals surface area contributed by atoms with E-state index in [0.29, 0.717) is 11.8 Å². The van der Waals surface area contributed by atoms with Crippen molar-refractivity contribution in [3.8, 4) is 0 Å². The fourth-order valence-electron chi connectivity index (χ4n) is 1.73. The predicted molar refractivity (Wildman–Crippen MR) is 88.4 cm³/mol. The normalized spacial score (nSPS) is 12.3. The van der Waals surface area contributed by atoms with Crippen LogP contribution < -0.4 is 5.32 Å². The molecule has 126 valence electrons. The van der Waals surface area contributed by atoms with Gasteiger partial charge in [-0.1, -0.05) is 42.1 Å². The summed E-state index contributed by atoms with van der Waals surface area (Å²) < 4.78 is 5.15. The highest BCUT2D eigenvalue weighted by Gasteiger charge is 2.25. The zero-order valence-electron chi connectivity index (χ0n) is 13.4. The van der Waals surface area contributed by atoms with E-state index in [1.54, 1.807) is 20.8 Å². The number of alkyl carbamates (subject to hydrolysis) is 1. The van der Waals surface area contributed by atoms with Crippen LogP contribution in [0.1, 0.15) is 26.3 Å². The SMILES string of the molecule is CC(C)(C)OC(=O)N[C@@H](Cc1ccccc1)C(=O)SCC(=O)O. The van der Waals surface area contributed by atoms with Gasteiger partial charge in [0.2, 0.25) is 5.12 Å². The lowest BCUT2D eigenvalue weighted by Gasteiger charge is -2.23. The van der Waals surface area contributed by atoms with Crippen molar-refractivity contribution in [3.05, 3.63) is 35.9 Å². The number of benzene rings is 1. The molecule has 1 aromatic carbocycles. The summed E-state index contributed by atoms with van der Waals surface area (Å²) in [5.74, 6) is -1.43. The van der Waals surface area contributed by atoms with E-state index in [2.05, 4.69) is 5.32 Å². The Hall–Kier alpha value is -2.02. The first-order chi connectivity index (χ1) is 10.7. The summed E-state index contributed by atoms with van der Waals surface area (Å²) >= 11 is 0.663. The molecule has 0 radical (unpaired) electrons. The number of thioether (sulfide) groups is 1. The Labute approximate surface area is 139 Å². The highest BCUT2D eigenvalue weighted by molar-refractivity contribution is 8.14. The van der Waals surface area contributed by atoms with Gasteiger partial charge in [0.05, 0.1) is 5.75 Å². The molecule has 1 atom stereocenters. The third-order valence-corrected chi connectivity index (χ3v) is 3.56. The van der Waals surface area contributed by atoms with E-state index in [0.717, 1.165) is 5.56 Å². The molecule has 1 rings (SSSR count). The maximum absolute atomic E-state index is 12.2. The van der Waals surface area contributed by atoms with Crippen molar-refractivity contribution < 1.29 is 24.2 Å². The third-order valence-electron chi connectivity index (χ3n) is 2.60. The Morgan fingerprint density at radius 2 is 1.83 bits per heavy atom. The molecule has 6 nitrogen and oxygen atoms in total. The van der Waals surface area contributed by atoms with Crippen LogP contribution >= 0.6 is 11.8 Å². The Morgan fingerprint density at radius 3 is 2.35 bits per heavy atom. The molecule has 0 aliphatic rings. The van der Waals surface area contributed by atoms with Gasteiger partial charge < -0.3 is 15.2 Å². The van der Waals surface area contributed by atoms with E-state index in [-0.39, 0.29) is 12.2 Å². The minimum Gasteiger partial charge on any atom is -0.481 e. The lowest BCUT2D eigenvalue weighted by molar-refractivity contribution is -0.134. The lowest BCUT2D eigenvalue weighted by Crippen LogP contribution is -2.44. The maximum atomic E-state index is 12.2. The number of carbonyl (C=O) groups is 3. The van der Waals surface area contributed by atoms with E-state index in [1.807, 2.05) is 30.3 Å². The van der Waals surface area contributed by atoms with Gasteiger partial charge in [0.15, 0.2) is 0 Å². The van der Waals surface area contributed by atoms with Crippen molar-refractivity contribution in [1.29, 1.82) is 0 Å². The van der Waals surface area contributed by atoms with Crippen LogP contribution in [0.4, 0.5) is 4.79 Å². The fourth-order valence-corrected chi connectivity index (χ4v) is 2.34. The number of carbonyl (C=O) groups excluding carboxylic acids is 2. The zero-order valence-corrected chi connectivity index (χ0v) is 14.2. The van der Waals surface area contributed by atoms with Crippen LogP contribution in [0.25, 0.3) is 0 Å². The minimum absolute atomic E-state index is 0.269. The number of ether oxygens (including phenoxy) is 1. The van der Waals surface area contributed by atoms with Crippen molar-refractivity contribution in [2.45, 2.75) is 38.8 Å². The highest BCUT2D eigenvalue weighted by Crippen LogP contribution is 2.13. The molecule has 1 aromatic rings. The standard InChI is InChI=1S/C16H21NO5S/c1-16(2,3)22-15(21)17-12(14(20)23-10-13(18)19)9-11-7-5-4-6-8-11/h4-8,12H,9-10H2,1-3H3,(H,17,21)(H,18,19)/t12-/m0/s1. The van der Waals surface area contributed by atoms with Crippen LogP contribution in [0.15, 0.2) is 30.3 Å². The second kappa shape index (κ2) is 8.57. The number of rotatable bonds is 6. The van der Waals surface area contributed by atoms with E-state index in [9.17, 15) is 14.4 Å². The van der Waals surface area contributed by atoms with Crippen LogP contribution in [0.3, 0.4) is 0 Å². The van der Waals surface area contributed by atoms with Crippen LogP contribution in [0.5, 0.6) is 0 Å². The quantitative estimate of drug-likeness (QED) is 0.827. The molecule has 0 fully saturated rings. The summed E-state index contributed by atoms with van der Waals surface area (Å²) in [5, 5.41) is 10.8. The van der Waals surface area contributed by atoms with Crippen molar-refractivity contribution in [1.82, 2.24) is 5.32 Å². The van der Waals surface area contributed by atoms with E-state index >= 15 is 0 Å². The molecule has 23 heavy (non-hydrogen) atoms. The third kappa shape index (κ3) is 8.25. The van der Waals surface area contributed by atoms with Gasteiger partial charge in [-0.15, -0.1) is 0 Å². The van der Waals surface area contributed by atoms with Crippen molar-refractivity contribution >= 4 is 28.9 Å². The summed E-state index contributed by atoms with van der Waals surface area (Å²) in [6.45, 7) is 5.17. The molecule has 0 aliphatic carbocycles. The largest absolute Gasteiger partial charge is 0.481 e. The molecule has 2 N–H and O–H groups in total. The molecule has 0 saturated carbocycles. The van der Waals surface area contributed by atoms with E-state index < -0.39 is 28.8 Å². The molecular formula is C16H21NO5S. The molecule has 7 heteroatoms. The number of hydrogen-bond donors (Lipinski definition) is 2. The first-order valence-electron chi connectivity index (χ1n) is 7.09. The zero-order chi connectivity index (χ0) is 17.5. The average molecular weight is 339 g/mol. The maximum Gasteiger partial charge on any atom is 0.408 e. The Kier molecular flexibility index (Phi) is 7.09. The second-order valence-corrected chi connectivity index (χ2v) is 6.87. The van der Waals surface area contributed by atoms with Crippen LogP contribution in [-0.2, 0) is 20.7 Å². The summed E-state index contributed by atoms with van der Waals surface area (Å²) in [6, 6.07) is 8.32. The number of carboxylic acids is 1. The van der Waals surface area contributed by atoms with Gasteiger partial charge >= 0.3 is 12.1 Å². The summed E-state index contributed by atoms with van der Waals surface area (Å²) in [4.78, 5) is 34.7. The van der Waals surface area contributed by atoms with E-state index in [1.165, 1.54) is 0 Å². The molecule has 0 unspecified atom stereocenters. The van der Waals surface area contributed by atoms with Crippen LogP contribution in [0, 0.1) is 0 Å². The molecule has 1 amide bonds. The van der Waals surface area contributed by atoms with Crippen molar-refractivity contribution in [2.75, 3.05) is 5.75 Å². The van der Waals surface area contributed by atoms with Gasteiger partial charge in [0, 0.05) is 6.42 Å². The van der Waals surface area contributed by atoms with E-state index in [4.69, 9.17) is 9.84 Å². The number of hydrogen-bond acceptors (Lipinski definition) is 5. The molecular weight excluding hydrogens is 318 g/mol. The fraction of sp³-hybridized carbons (Fsp3) is 0.438. The van der Waals surface area contributed by atoms with Crippen molar-refractivity contribution in [2.24, 2.45) is 0 Å². The molecule has 0 bridgehead atoms. The Morgan fingerprint density at radius 1 is 1.22 bits per heavy atom. The second-order valence-electron chi connectivity index (χ2n) is 5.89. The monoisotopic (exact) mass is 339 g/mol. The van der Waals surface area contributed by atoms with Gasteiger partial charge in [-0.3, -0.25) is 9.59 Å².